The molecule has 0 bridgehead atoms. The van der Waals surface area contributed by atoms with Crippen molar-refractivity contribution in [3.63, 3.8) is 0 Å². The summed E-state index contributed by atoms with van der Waals surface area (Å²) in [4.78, 5) is 36.5. The van der Waals surface area contributed by atoms with Gasteiger partial charge in [0.25, 0.3) is 11.8 Å². The Bertz CT molecular complexity index is 1420. The van der Waals surface area contributed by atoms with Crippen LogP contribution in [0.25, 0.3) is 11.3 Å². The van der Waals surface area contributed by atoms with Crippen LogP contribution < -0.4 is 15.0 Å². The van der Waals surface area contributed by atoms with Crippen molar-refractivity contribution in [2.75, 3.05) is 25.2 Å². The summed E-state index contributed by atoms with van der Waals surface area (Å²) in [6.45, 7) is 3.17. The predicted molar refractivity (Wildman–Crippen MR) is 132 cm³/mol. The molecule has 11 nitrogen and oxygen atoms in total. The van der Waals surface area contributed by atoms with Gasteiger partial charge in [-0.15, -0.1) is 0 Å². The van der Waals surface area contributed by atoms with Gasteiger partial charge in [-0.1, -0.05) is 0 Å². The van der Waals surface area contributed by atoms with E-state index in [-0.39, 0.29) is 23.7 Å². The van der Waals surface area contributed by atoms with Crippen LogP contribution in [0.5, 0.6) is 5.88 Å². The second-order valence-electron chi connectivity index (χ2n) is 9.59. The van der Waals surface area contributed by atoms with Gasteiger partial charge in [-0.25, -0.2) is 9.97 Å². The third-order valence-electron chi connectivity index (χ3n) is 6.29. The van der Waals surface area contributed by atoms with Gasteiger partial charge < -0.3 is 20.3 Å². The zero-order chi connectivity index (χ0) is 28.7. The molecule has 3 aromatic heterocycles. The lowest BCUT2D eigenvalue weighted by Crippen LogP contribution is -2.39. The molecule has 14 heteroatoms. The summed E-state index contributed by atoms with van der Waals surface area (Å²) in [6.07, 6.45) is -1.78. The molecule has 1 aliphatic rings. The number of aliphatic hydroxyl groups excluding tert-OH is 2. The maximum atomic E-state index is 13.5. The minimum Gasteiger partial charge on any atom is -0.480 e. The average Bonchev–Trinajstić information content (AvgIpc) is 3.39. The summed E-state index contributed by atoms with van der Waals surface area (Å²) in [5.41, 5.74) is 1.36. The molecule has 1 atom stereocenters. The van der Waals surface area contributed by atoms with Crippen LogP contribution in [0.4, 0.5) is 18.9 Å². The highest BCUT2D eigenvalue weighted by molar-refractivity contribution is 6.12. The lowest BCUT2D eigenvalue weighted by molar-refractivity contribution is -0.142. The molecule has 3 aromatic rings. The molecule has 0 fully saturated rings. The number of methoxy groups -OCH3 is 1. The average molecular weight is 549 g/mol. The number of alkyl halides is 3. The summed E-state index contributed by atoms with van der Waals surface area (Å²) in [5, 5.41) is 24.8. The zero-order valence-electron chi connectivity index (χ0n) is 21.6. The summed E-state index contributed by atoms with van der Waals surface area (Å²) < 4.78 is 44.4. The van der Waals surface area contributed by atoms with Crippen LogP contribution in [0.15, 0.2) is 30.7 Å². The van der Waals surface area contributed by atoms with Crippen molar-refractivity contribution >= 4 is 17.5 Å². The second kappa shape index (κ2) is 10.3. The van der Waals surface area contributed by atoms with E-state index in [4.69, 9.17) is 14.8 Å². The number of hydrogen-bond acceptors (Lipinski definition) is 8. The molecule has 0 aromatic carbocycles. The molecule has 0 saturated carbocycles. The summed E-state index contributed by atoms with van der Waals surface area (Å²) in [6, 6.07) is 3.16. The fourth-order valence-electron chi connectivity index (χ4n) is 4.47. The van der Waals surface area contributed by atoms with E-state index in [0.717, 1.165) is 4.68 Å². The Hall–Kier alpha value is -4.04. The van der Waals surface area contributed by atoms with Crippen molar-refractivity contribution in [2.45, 2.75) is 45.1 Å². The molecule has 2 amide bonds. The van der Waals surface area contributed by atoms with Gasteiger partial charge in [-0.05, 0) is 38.5 Å². The van der Waals surface area contributed by atoms with E-state index in [1.54, 1.807) is 26.8 Å². The third-order valence-corrected chi connectivity index (χ3v) is 6.29. The lowest BCUT2D eigenvalue weighted by atomic mass is 9.96. The number of amides is 2. The smallest absolute Gasteiger partial charge is 0.408 e. The molecule has 39 heavy (non-hydrogen) atoms. The van der Waals surface area contributed by atoms with Gasteiger partial charge in [0.15, 0.2) is 0 Å². The van der Waals surface area contributed by atoms with E-state index < -0.39 is 42.8 Å². The Morgan fingerprint density at radius 1 is 1.26 bits per heavy atom. The number of rotatable bonds is 8. The number of aliphatic hydroxyl groups is 2. The van der Waals surface area contributed by atoms with Crippen LogP contribution in [-0.4, -0.2) is 74.3 Å². The van der Waals surface area contributed by atoms with Crippen LogP contribution in [0, 0.1) is 6.92 Å². The van der Waals surface area contributed by atoms with Crippen molar-refractivity contribution in [1.82, 2.24) is 25.1 Å². The van der Waals surface area contributed by atoms with E-state index in [0.29, 0.717) is 28.1 Å². The number of nitrogens with one attached hydrogen (secondary N) is 1. The van der Waals surface area contributed by atoms with E-state index in [1.807, 2.05) is 0 Å². The largest absolute Gasteiger partial charge is 0.480 e. The van der Waals surface area contributed by atoms with Crippen LogP contribution in [-0.2, 0) is 12.1 Å². The SMILES string of the molecule is COc1ncc(-c2cc(C)c3c(n2)C(C)(C)N(c2cnn(CC(F)(F)F)c2)C3=O)cc1C(=O)NCC(O)CO. The highest BCUT2D eigenvalue weighted by atomic mass is 19.4. The molecule has 4 rings (SSSR count). The number of fused-ring (bicyclic) bond motifs is 1. The molecule has 1 aliphatic heterocycles. The monoisotopic (exact) mass is 548 g/mol. The number of nitrogens with zero attached hydrogens (tertiary/aromatic N) is 5. The molecule has 1 unspecified atom stereocenters. The molecular weight excluding hydrogens is 521 g/mol. The van der Waals surface area contributed by atoms with Gasteiger partial charge in [-0.2, -0.15) is 18.3 Å². The Morgan fingerprint density at radius 2 is 1.97 bits per heavy atom. The molecule has 0 radical (unpaired) electrons. The first-order valence-electron chi connectivity index (χ1n) is 11.8. The minimum absolute atomic E-state index is 0.0326. The first-order chi connectivity index (χ1) is 18.3. The lowest BCUT2D eigenvalue weighted by Gasteiger charge is -2.30. The Morgan fingerprint density at radius 3 is 2.62 bits per heavy atom. The van der Waals surface area contributed by atoms with Gasteiger partial charge in [0.1, 0.15) is 12.1 Å². The normalized spacial score (nSPS) is 15.3. The highest BCUT2D eigenvalue weighted by Crippen LogP contribution is 2.43. The fraction of sp³-hybridized carbons (Fsp3) is 0.400. The Labute approximate surface area is 221 Å². The summed E-state index contributed by atoms with van der Waals surface area (Å²) >= 11 is 0. The maximum Gasteiger partial charge on any atom is 0.408 e. The van der Waals surface area contributed by atoms with Crippen LogP contribution in [0.3, 0.4) is 0 Å². The number of carbonyl (C=O) groups is 2. The van der Waals surface area contributed by atoms with E-state index in [2.05, 4.69) is 15.4 Å². The molecule has 4 heterocycles. The number of anilines is 1. The number of hydrogen-bond donors (Lipinski definition) is 3. The second-order valence-corrected chi connectivity index (χ2v) is 9.59. The van der Waals surface area contributed by atoms with Crippen LogP contribution in [0.2, 0.25) is 0 Å². The number of aryl methyl sites for hydroxylation is 1. The van der Waals surface area contributed by atoms with Crippen LogP contribution in [0.1, 0.15) is 45.8 Å². The quantitative estimate of drug-likeness (QED) is 0.389. The number of ether oxygens (including phenoxy) is 1. The highest BCUT2D eigenvalue weighted by Gasteiger charge is 2.47. The van der Waals surface area contributed by atoms with Crippen molar-refractivity contribution in [2.24, 2.45) is 0 Å². The number of halogens is 3. The first kappa shape index (κ1) is 28.0. The zero-order valence-corrected chi connectivity index (χ0v) is 21.6. The van der Waals surface area contributed by atoms with Gasteiger partial charge in [0, 0.05) is 24.5 Å². The molecule has 0 saturated heterocycles. The Balaban J connectivity index is 1.71. The molecular formula is C25H27F3N6O5. The number of aromatic nitrogens is 4. The Kier molecular flexibility index (Phi) is 7.36. The van der Waals surface area contributed by atoms with Gasteiger partial charge >= 0.3 is 6.18 Å². The minimum atomic E-state index is -4.47. The van der Waals surface area contributed by atoms with Crippen molar-refractivity contribution in [1.29, 1.82) is 0 Å². The standard InChI is InChI=1S/C25H27F3N6O5/c1-13-5-18(14-6-17(22(39-4)30-7-14)21(37)29-9-16(36)11-35)32-20-19(13)23(38)34(24(20,2)3)15-8-31-33(10-15)12-25(26,27)28/h5-8,10,16,35-36H,9,11-12H2,1-4H3,(H,29,37). The fourth-order valence-corrected chi connectivity index (χ4v) is 4.47. The topological polar surface area (TPSA) is 143 Å². The van der Waals surface area contributed by atoms with Crippen LogP contribution >= 0.6 is 0 Å². The van der Waals surface area contributed by atoms with Gasteiger partial charge in [0.2, 0.25) is 5.88 Å². The van der Waals surface area contributed by atoms with Gasteiger partial charge in [0.05, 0.1) is 54.2 Å². The molecule has 0 spiro atoms. The van der Waals surface area contributed by atoms with E-state index in [1.165, 1.54) is 36.7 Å². The first-order valence-corrected chi connectivity index (χ1v) is 11.8. The third kappa shape index (κ3) is 5.43. The van der Waals surface area contributed by atoms with E-state index in [9.17, 15) is 27.9 Å². The number of pyridine rings is 2. The predicted octanol–water partition coefficient (Wildman–Crippen LogP) is 2.20. The number of carbonyl (C=O) groups excluding carboxylic acids is 2. The molecule has 208 valence electrons. The van der Waals surface area contributed by atoms with Crippen molar-refractivity contribution in [3.8, 4) is 17.1 Å². The maximum absolute atomic E-state index is 13.5. The summed E-state index contributed by atoms with van der Waals surface area (Å²) in [7, 11) is 1.35. The van der Waals surface area contributed by atoms with Crippen molar-refractivity contribution < 1.29 is 37.7 Å². The van der Waals surface area contributed by atoms with Gasteiger partial charge in [-0.3, -0.25) is 19.2 Å². The molecule has 0 aliphatic carbocycles. The van der Waals surface area contributed by atoms with E-state index >= 15 is 0 Å². The van der Waals surface area contributed by atoms with Crippen molar-refractivity contribution in [3.05, 3.63) is 53.1 Å². The summed E-state index contributed by atoms with van der Waals surface area (Å²) in [5.74, 6) is -0.984. The molecule has 3 N–H and O–H groups in total.